The van der Waals surface area contributed by atoms with Crippen molar-refractivity contribution in [2.45, 2.75) is 43.2 Å². The summed E-state index contributed by atoms with van der Waals surface area (Å²) >= 11 is 5.40. The minimum absolute atomic E-state index is 0.0379. The van der Waals surface area contributed by atoms with E-state index in [4.69, 9.17) is 21.7 Å². The zero-order valence-electron chi connectivity index (χ0n) is 18.6. The third kappa shape index (κ3) is 4.26. The Kier molecular flexibility index (Phi) is 6.53. The number of rotatable bonds is 5. The van der Waals surface area contributed by atoms with Crippen LogP contribution in [0.3, 0.4) is 0 Å². The molecule has 0 aromatic heterocycles. The highest BCUT2D eigenvalue weighted by Crippen LogP contribution is 2.49. The van der Waals surface area contributed by atoms with Crippen LogP contribution in [0.25, 0.3) is 0 Å². The number of nitrogens with zero attached hydrogens (tertiary/aromatic N) is 1. The van der Waals surface area contributed by atoms with Gasteiger partial charge in [0.1, 0.15) is 11.6 Å². The maximum absolute atomic E-state index is 13.9. The molecule has 32 heavy (non-hydrogen) atoms. The number of anilines is 1. The zero-order chi connectivity index (χ0) is 22.9. The van der Waals surface area contributed by atoms with Crippen LogP contribution in [0.5, 0.6) is 11.5 Å². The summed E-state index contributed by atoms with van der Waals surface area (Å²) in [6.45, 7) is 1.02. The number of halogens is 2. The number of methoxy groups -OCH3 is 2. The molecule has 2 N–H and O–H groups in total. The molecule has 0 bridgehead atoms. The van der Waals surface area contributed by atoms with Crippen molar-refractivity contribution in [1.82, 2.24) is 10.2 Å². The summed E-state index contributed by atoms with van der Waals surface area (Å²) in [5.74, 6) is 0.422. The Morgan fingerprint density at radius 3 is 2.62 bits per heavy atom. The Balaban J connectivity index is 1.49. The van der Waals surface area contributed by atoms with E-state index >= 15 is 0 Å². The second kappa shape index (κ2) is 9.19. The molecule has 5 nitrogen and oxygen atoms in total. The molecular weight excluding hydrogens is 432 g/mol. The van der Waals surface area contributed by atoms with Crippen molar-refractivity contribution in [2.75, 3.05) is 33.1 Å². The third-order valence-corrected chi connectivity index (χ3v) is 7.22. The van der Waals surface area contributed by atoms with E-state index < -0.39 is 11.6 Å². The van der Waals surface area contributed by atoms with Crippen molar-refractivity contribution in [3.8, 4) is 11.5 Å². The van der Waals surface area contributed by atoms with Gasteiger partial charge in [-0.15, -0.1) is 0 Å². The molecule has 172 valence electrons. The standard InChI is InChI=1S/C24H29F2N3O2S/c1-29-11-10-24(15-4-7-20(30-2)21(12-15)31-3)9-8-17(14-22(24)29)27-23(32)28-19-13-16(25)5-6-18(19)26/h4-7,12-13,17,22H,8-11,14H2,1-3H3,(H2,27,28,32)/t17-,22+,24+/m1/s1. The average Bonchev–Trinajstić information content (AvgIpc) is 3.13. The van der Waals surface area contributed by atoms with Gasteiger partial charge in [-0.2, -0.15) is 0 Å². The number of benzene rings is 2. The molecule has 1 aliphatic heterocycles. The van der Waals surface area contributed by atoms with Gasteiger partial charge in [0.05, 0.1) is 19.9 Å². The van der Waals surface area contributed by atoms with E-state index in [1.54, 1.807) is 14.2 Å². The quantitative estimate of drug-likeness (QED) is 0.641. The molecule has 2 aromatic carbocycles. The van der Waals surface area contributed by atoms with Crippen LogP contribution in [0.1, 0.15) is 31.2 Å². The molecule has 2 fully saturated rings. The SMILES string of the molecule is COc1ccc([C@@]23CC[C@@H](NC(=S)Nc4cc(F)ccc4F)C[C@@H]2N(C)CC3)cc1OC. The highest BCUT2D eigenvalue weighted by molar-refractivity contribution is 7.80. The third-order valence-electron chi connectivity index (χ3n) is 7.00. The van der Waals surface area contributed by atoms with Crippen molar-refractivity contribution < 1.29 is 18.3 Å². The summed E-state index contributed by atoms with van der Waals surface area (Å²) in [4.78, 5) is 2.41. The van der Waals surface area contributed by atoms with E-state index in [1.807, 2.05) is 6.07 Å². The fraction of sp³-hybridized carbons (Fsp3) is 0.458. The van der Waals surface area contributed by atoms with Gasteiger partial charge in [-0.25, -0.2) is 8.78 Å². The van der Waals surface area contributed by atoms with Gasteiger partial charge in [0.2, 0.25) is 0 Å². The van der Waals surface area contributed by atoms with Gasteiger partial charge in [0.25, 0.3) is 0 Å². The molecule has 1 heterocycles. The van der Waals surface area contributed by atoms with Crippen LogP contribution in [0.4, 0.5) is 14.5 Å². The lowest BCUT2D eigenvalue weighted by Crippen LogP contribution is -2.52. The molecule has 1 saturated carbocycles. The van der Waals surface area contributed by atoms with Gasteiger partial charge < -0.3 is 25.0 Å². The number of nitrogens with one attached hydrogen (secondary N) is 2. The lowest BCUT2D eigenvalue weighted by atomic mass is 9.65. The van der Waals surface area contributed by atoms with Crippen molar-refractivity contribution in [1.29, 1.82) is 0 Å². The van der Waals surface area contributed by atoms with Crippen LogP contribution in [-0.2, 0) is 5.41 Å². The van der Waals surface area contributed by atoms with Gasteiger partial charge >= 0.3 is 0 Å². The van der Waals surface area contributed by atoms with E-state index in [0.29, 0.717) is 11.2 Å². The van der Waals surface area contributed by atoms with E-state index in [-0.39, 0.29) is 17.1 Å². The van der Waals surface area contributed by atoms with Crippen molar-refractivity contribution in [3.05, 3.63) is 53.6 Å². The molecule has 1 saturated heterocycles. The molecule has 0 radical (unpaired) electrons. The lowest BCUT2D eigenvalue weighted by Gasteiger charge is -2.45. The van der Waals surface area contributed by atoms with Gasteiger partial charge in [0.15, 0.2) is 16.6 Å². The number of ether oxygens (including phenoxy) is 2. The van der Waals surface area contributed by atoms with Crippen LogP contribution in [0, 0.1) is 11.6 Å². The molecule has 0 amide bonds. The first-order valence-corrected chi connectivity index (χ1v) is 11.2. The van der Waals surface area contributed by atoms with Crippen molar-refractivity contribution >= 4 is 23.0 Å². The molecular formula is C24H29F2N3O2S. The molecule has 1 aliphatic carbocycles. The Bertz CT molecular complexity index is 1010. The van der Waals surface area contributed by atoms with Gasteiger partial charge in [-0.1, -0.05) is 6.07 Å². The largest absolute Gasteiger partial charge is 0.493 e. The predicted molar refractivity (Wildman–Crippen MR) is 126 cm³/mol. The number of hydrogen-bond donors (Lipinski definition) is 2. The van der Waals surface area contributed by atoms with Crippen LogP contribution < -0.4 is 20.1 Å². The summed E-state index contributed by atoms with van der Waals surface area (Å²) in [6.07, 6.45) is 3.89. The molecule has 3 atom stereocenters. The van der Waals surface area contributed by atoms with Crippen LogP contribution >= 0.6 is 12.2 Å². The van der Waals surface area contributed by atoms with Crippen molar-refractivity contribution in [3.63, 3.8) is 0 Å². The number of thiocarbonyl (C=S) groups is 1. The number of likely N-dealkylation sites (tertiary alicyclic amines) is 1. The number of hydrogen-bond acceptors (Lipinski definition) is 4. The van der Waals surface area contributed by atoms with E-state index in [0.717, 1.165) is 61.9 Å². The van der Waals surface area contributed by atoms with Crippen LogP contribution in [-0.4, -0.2) is 49.9 Å². The second-order valence-corrected chi connectivity index (χ2v) is 9.07. The normalized spacial score (nSPS) is 25.2. The summed E-state index contributed by atoms with van der Waals surface area (Å²) < 4.78 is 38.4. The second-order valence-electron chi connectivity index (χ2n) is 8.67. The fourth-order valence-corrected chi connectivity index (χ4v) is 5.61. The Hall–Kier alpha value is -2.45. The molecule has 2 aliphatic rings. The first-order valence-electron chi connectivity index (χ1n) is 10.8. The highest BCUT2D eigenvalue weighted by atomic mass is 32.1. The fourth-order valence-electron chi connectivity index (χ4n) is 5.33. The molecule has 4 rings (SSSR count). The van der Waals surface area contributed by atoms with Crippen LogP contribution in [0.15, 0.2) is 36.4 Å². The molecule has 0 unspecified atom stereocenters. The van der Waals surface area contributed by atoms with E-state index in [1.165, 1.54) is 5.56 Å². The van der Waals surface area contributed by atoms with Crippen molar-refractivity contribution in [2.24, 2.45) is 0 Å². The Morgan fingerprint density at radius 1 is 1.09 bits per heavy atom. The van der Waals surface area contributed by atoms with Gasteiger partial charge in [0, 0.05) is 23.6 Å². The first-order chi connectivity index (χ1) is 15.4. The van der Waals surface area contributed by atoms with E-state index in [2.05, 4.69) is 34.7 Å². The average molecular weight is 462 g/mol. The number of likely N-dealkylation sites (N-methyl/N-ethyl adjacent to an activating group) is 1. The molecule has 8 heteroatoms. The predicted octanol–water partition coefficient (Wildman–Crippen LogP) is 4.46. The lowest BCUT2D eigenvalue weighted by molar-refractivity contribution is 0.161. The topological polar surface area (TPSA) is 45.8 Å². The minimum atomic E-state index is -0.540. The summed E-state index contributed by atoms with van der Waals surface area (Å²) in [7, 11) is 5.47. The first kappa shape index (κ1) is 22.7. The highest BCUT2D eigenvalue weighted by Gasteiger charge is 2.50. The summed E-state index contributed by atoms with van der Waals surface area (Å²) in [5.41, 5.74) is 1.34. The monoisotopic (exact) mass is 461 g/mol. The maximum atomic E-state index is 13.9. The smallest absolute Gasteiger partial charge is 0.171 e. The number of fused-ring (bicyclic) bond motifs is 1. The van der Waals surface area contributed by atoms with Gasteiger partial charge in [-0.3, -0.25) is 0 Å². The summed E-state index contributed by atoms with van der Waals surface area (Å²) in [6, 6.07) is 10.0. The minimum Gasteiger partial charge on any atom is -0.493 e. The zero-order valence-corrected chi connectivity index (χ0v) is 19.4. The van der Waals surface area contributed by atoms with Crippen LogP contribution in [0.2, 0.25) is 0 Å². The maximum Gasteiger partial charge on any atom is 0.171 e. The van der Waals surface area contributed by atoms with Gasteiger partial charge in [-0.05, 0) is 81.3 Å². The van der Waals surface area contributed by atoms with E-state index in [9.17, 15) is 8.78 Å². The summed E-state index contributed by atoms with van der Waals surface area (Å²) in [5, 5.41) is 6.42. The molecule has 2 aromatic rings. The molecule has 0 spiro atoms. The Labute approximate surface area is 193 Å². The Morgan fingerprint density at radius 2 is 1.88 bits per heavy atom.